The molecule has 1 aromatic heterocycles. The number of anilines is 1. The monoisotopic (exact) mass is 435 g/mol. The second kappa shape index (κ2) is 7.92. The first-order valence-electron chi connectivity index (χ1n) is 9.03. The van der Waals surface area contributed by atoms with Crippen molar-refractivity contribution in [3.63, 3.8) is 0 Å². The van der Waals surface area contributed by atoms with Gasteiger partial charge in [-0.3, -0.25) is 14.9 Å². The van der Waals surface area contributed by atoms with Crippen LogP contribution in [0.25, 0.3) is 22.0 Å². The number of hydrogen-bond acceptors (Lipinski definition) is 4. The van der Waals surface area contributed by atoms with Gasteiger partial charge < -0.3 is 15.4 Å². The van der Waals surface area contributed by atoms with E-state index in [1.165, 1.54) is 30.3 Å². The number of aromatic carboxylic acids is 1. The lowest BCUT2D eigenvalue weighted by molar-refractivity contribution is -0.384. The number of rotatable bonds is 5. The van der Waals surface area contributed by atoms with Crippen LogP contribution in [-0.4, -0.2) is 26.9 Å². The number of amides is 1. The van der Waals surface area contributed by atoms with Gasteiger partial charge in [-0.1, -0.05) is 23.7 Å². The molecule has 4 rings (SSSR count). The lowest BCUT2D eigenvalue weighted by Gasteiger charge is -2.09. The smallest absolute Gasteiger partial charge is 0.335 e. The fourth-order valence-corrected chi connectivity index (χ4v) is 3.42. The Kier molecular flexibility index (Phi) is 5.14. The Labute approximate surface area is 180 Å². The number of carboxylic acids is 1. The van der Waals surface area contributed by atoms with Crippen molar-refractivity contribution in [2.24, 2.45) is 0 Å². The van der Waals surface area contributed by atoms with Crippen molar-refractivity contribution in [3.8, 4) is 11.1 Å². The van der Waals surface area contributed by atoms with E-state index in [2.05, 4.69) is 10.3 Å². The molecule has 4 aromatic rings. The number of carboxylic acid groups (broad SMARTS) is 1. The molecular weight excluding hydrogens is 422 g/mol. The largest absolute Gasteiger partial charge is 0.478 e. The summed E-state index contributed by atoms with van der Waals surface area (Å²) in [6, 6.07) is 17.1. The number of fused-ring (bicyclic) bond motifs is 1. The van der Waals surface area contributed by atoms with Gasteiger partial charge in [-0.15, -0.1) is 0 Å². The van der Waals surface area contributed by atoms with E-state index in [-0.39, 0.29) is 16.9 Å². The van der Waals surface area contributed by atoms with Gasteiger partial charge in [-0.2, -0.15) is 0 Å². The SMILES string of the molecule is O=C(O)c1ccc(Cl)c(-c2cccc(NC(=O)c3cc4ccc([N+](=O)[O-])cc4[nH]3)c2)c1. The fraction of sp³-hybridized carbons (Fsp3) is 0. The number of nitro groups is 1. The average molecular weight is 436 g/mol. The summed E-state index contributed by atoms with van der Waals surface area (Å²) in [5.41, 5.74) is 2.38. The first-order valence-corrected chi connectivity index (χ1v) is 9.41. The van der Waals surface area contributed by atoms with E-state index in [0.29, 0.717) is 32.7 Å². The number of nitrogens with zero attached hydrogens (tertiary/aromatic N) is 1. The summed E-state index contributed by atoms with van der Waals surface area (Å²) in [5.74, 6) is -1.50. The van der Waals surface area contributed by atoms with Crippen LogP contribution < -0.4 is 5.32 Å². The van der Waals surface area contributed by atoms with E-state index in [0.717, 1.165) is 0 Å². The third kappa shape index (κ3) is 4.10. The highest BCUT2D eigenvalue weighted by atomic mass is 35.5. The van der Waals surface area contributed by atoms with Gasteiger partial charge in [-0.25, -0.2) is 4.79 Å². The molecule has 0 saturated heterocycles. The molecule has 154 valence electrons. The number of benzene rings is 3. The second-order valence-corrected chi connectivity index (χ2v) is 7.15. The maximum Gasteiger partial charge on any atom is 0.335 e. The molecule has 0 radical (unpaired) electrons. The number of nitro benzene ring substituents is 1. The first kappa shape index (κ1) is 20.1. The van der Waals surface area contributed by atoms with E-state index in [4.69, 9.17) is 11.6 Å². The van der Waals surface area contributed by atoms with Gasteiger partial charge >= 0.3 is 5.97 Å². The standard InChI is InChI=1S/C22H14ClN3O5/c23-18-7-5-14(22(28)29)9-17(18)12-2-1-3-15(8-12)24-21(27)20-10-13-4-6-16(26(30)31)11-19(13)25-20/h1-11,25H,(H,24,27)(H,28,29). The number of hydrogen-bond donors (Lipinski definition) is 3. The van der Waals surface area contributed by atoms with Crippen LogP contribution in [0.2, 0.25) is 5.02 Å². The van der Waals surface area contributed by atoms with Gasteiger partial charge in [0.1, 0.15) is 5.69 Å². The van der Waals surface area contributed by atoms with Crippen molar-refractivity contribution in [1.82, 2.24) is 4.98 Å². The zero-order valence-corrected chi connectivity index (χ0v) is 16.5. The van der Waals surface area contributed by atoms with Crippen LogP contribution in [0.1, 0.15) is 20.8 Å². The number of halogens is 1. The minimum atomic E-state index is -1.07. The normalized spacial score (nSPS) is 10.7. The van der Waals surface area contributed by atoms with Crippen molar-refractivity contribution in [3.05, 3.63) is 93.1 Å². The zero-order chi connectivity index (χ0) is 22.1. The third-order valence-corrected chi connectivity index (χ3v) is 5.04. The van der Waals surface area contributed by atoms with Gasteiger partial charge in [0.2, 0.25) is 0 Å². The Balaban J connectivity index is 1.61. The second-order valence-electron chi connectivity index (χ2n) is 6.75. The van der Waals surface area contributed by atoms with Crippen LogP contribution in [0.15, 0.2) is 66.7 Å². The number of nitrogens with one attached hydrogen (secondary N) is 2. The van der Waals surface area contributed by atoms with E-state index in [1.54, 1.807) is 36.4 Å². The molecule has 1 amide bonds. The molecule has 0 spiro atoms. The number of aromatic nitrogens is 1. The van der Waals surface area contributed by atoms with E-state index in [9.17, 15) is 24.8 Å². The molecule has 0 aliphatic heterocycles. The molecule has 1 heterocycles. The Hall–Kier alpha value is -4.17. The van der Waals surface area contributed by atoms with Crippen molar-refractivity contribution >= 4 is 45.8 Å². The van der Waals surface area contributed by atoms with Crippen molar-refractivity contribution < 1.29 is 19.6 Å². The fourth-order valence-electron chi connectivity index (χ4n) is 3.19. The highest BCUT2D eigenvalue weighted by molar-refractivity contribution is 6.33. The molecule has 3 N–H and O–H groups in total. The van der Waals surface area contributed by atoms with Crippen LogP contribution in [0.5, 0.6) is 0 Å². The third-order valence-electron chi connectivity index (χ3n) is 4.71. The lowest BCUT2D eigenvalue weighted by atomic mass is 10.0. The summed E-state index contributed by atoms with van der Waals surface area (Å²) in [6.45, 7) is 0. The number of carbonyl (C=O) groups is 2. The summed E-state index contributed by atoms with van der Waals surface area (Å²) in [5, 5.41) is 23.9. The predicted octanol–water partition coefficient (Wildman–Crippen LogP) is 5.35. The maximum atomic E-state index is 12.7. The van der Waals surface area contributed by atoms with Gasteiger partial charge in [0.15, 0.2) is 0 Å². The first-order chi connectivity index (χ1) is 14.8. The van der Waals surface area contributed by atoms with Crippen LogP contribution >= 0.6 is 11.6 Å². The Bertz CT molecular complexity index is 1360. The van der Waals surface area contributed by atoms with Crippen LogP contribution in [0, 0.1) is 10.1 Å². The predicted molar refractivity (Wildman–Crippen MR) is 117 cm³/mol. The van der Waals surface area contributed by atoms with Gasteiger partial charge in [0.05, 0.1) is 16.0 Å². The minimum absolute atomic E-state index is 0.0746. The van der Waals surface area contributed by atoms with Crippen molar-refractivity contribution in [2.45, 2.75) is 0 Å². The van der Waals surface area contributed by atoms with Crippen molar-refractivity contribution in [1.29, 1.82) is 0 Å². The van der Waals surface area contributed by atoms with Crippen LogP contribution in [0.3, 0.4) is 0 Å². The molecule has 0 fully saturated rings. The highest BCUT2D eigenvalue weighted by Crippen LogP contribution is 2.31. The molecule has 31 heavy (non-hydrogen) atoms. The molecule has 0 atom stereocenters. The Morgan fingerprint density at radius 1 is 1.03 bits per heavy atom. The number of carbonyl (C=O) groups excluding carboxylic acids is 1. The quantitative estimate of drug-likeness (QED) is 0.288. The van der Waals surface area contributed by atoms with Gasteiger partial charge in [0.25, 0.3) is 11.6 Å². The molecule has 0 aliphatic carbocycles. The van der Waals surface area contributed by atoms with Crippen LogP contribution in [-0.2, 0) is 0 Å². The highest BCUT2D eigenvalue weighted by Gasteiger charge is 2.14. The summed E-state index contributed by atoms with van der Waals surface area (Å²) in [6.07, 6.45) is 0. The summed E-state index contributed by atoms with van der Waals surface area (Å²) in [7, 11) is 0. The average Bonchev–Trinajstić information content (AvgIpc) is 3.17. The molecule has 0 saturated carbocycles. The maximum absolute atomic E-state index is 12.7. The van der Waals surface area contributed by atoms with E-state index >= 15 is 0 Å². The van der Waals surface area contributed by atoms with Crippen molar-refractivity contribution in [2.75, 3.05) is 5.32 Å². The molecule has 0 unspecified atom stereocenters. The lowest BCUT2D eigenvalue weighted by Crippen LogP contribution is -2.12. The van der Waals surface area contributed by atoms with Gasteiger partial charge in [0, 0.05) is 33.8 Å². The topological polar surface area (TPSA) is 125 Å². The Morgan fingerprint density at radius 3 is 2.58 bits per heavy atom. The molecule has 8 nitrogen and oxygen atoms in total. The molecule has 0 aliphatic rings. The molecule has 0 bridgehead atoms. The molecule has 3 aromatic carbocycles. The Morgan fingerprint density at radius 2 is 1.84 bits per heavy atom. The molecule has 9 heteroatoms. The summed E-state index contributed by atoms with van der Waals surface area (Å²) >= 11 is 6.24. The van der Waals surface area contributed by atoms with E-state index in [1.807, 2.05) is 0 Å². The van der Waals surface area contributed by atoms with Gasteiger partial charge in [-0.05, 0) is 48.0 Å². The summed E-state index contributed by atoms with van der Waals surface area (Å²) < 4.78 is 0. The number of H-pyrrole nitrogens is 1. The number of non-ortho nitro benzene ring substituents is 1. The minimum Gasteiger partial charge on any atom is -0.478 e. The van der Waals surface area contributed by atoms with E-state index < -0.39 is 16.8 Å². The number of aromatic amines is 1. The molecular formula is C22H14ClN3O5. The van der Waals surface area contributed by atoms with Crippen LogP contribution in [0.4, 0.5) is 11.4 Å². The zero-order valence-electron chi connectivity index (χ0n) is 15.8. The summed E-state index contributed by atoms with van der Waals surface area (Å²) in [4.78, 5) is 37.2.